The molecule has 2 N–H and O–H groups in total. The van der Waals surface area contributed by atoms with E-state index in [0.717, 1.165) is 5.56 Å². The summed E-state index contributed by atoms with van der Waals surface area (Å²) in [5.41, 5.74) is 1.40. The average molecular weight is 457 g/mol. The third kappa shape index (κ3) is 9.75. The Balaban J connectivity index is 0.00000484. The van der Waals surface area contributed by atoms with Crippen LogP contribution >= 0.6 is 24.0 Å². The molecular formula is C15H25FIN3O2S. The maximum Gasteiger partial charge on any atom is 0.191 e. The molecule has 1 rings (SSSR count). The second-order valence-corrected chi connectivity index (χ2v) is 7.45. The lowest BCUT2D eigenvalue weighted by molar-refractivity contribution is 0.598. The molecule has 0 unspecified atom stereocenters. The van der Waals surface area contributed by atoms with Crippen LogP contribution in [0.2, 0.25) is 0 Å². The first-order chi connectivity index (χ1) is 10.3. The Morgan fingerprint density at radius 1 is 1.30 bits per heavy atom. The van der Waals surface area contributed by atoms with Crippen molar-refractivity contribution in [3.05, 3.63) is 35.1 Å². The van der Waals surface area contributed by atoms with Crippen LogP contribution in [0.1, 0.15) is 24.5 Å². The minimum Gasteiger partial charge on any atom is -0.357 e. The van der Waals surface area contributed by atoms with E-state index >= 15 is 0 Å². The molecule has 0 saturated heterocycles. The van der Waals surface area contributed by atoms with Crippen LogP contribution < -0.4 is 10.6 Å². The molecule has 0 aliphatic rings. The molecule has 5 nitrogen and oxygen atoms in total. The number of hydrogen-bond acceptors (Lipinski definition) is 3. The zero-order chi connectivity index (χ0) is 16.6. The lowest BCUT2D eigenvalue weighted by Crippen LogP contribution is -2.38. The van der Waals surface area contributed by atoms with Gasteiger partial charge in [0.15, 0.2) is 5.96 Å². The molecule has 132 valence electrons. The number of nitrogens with one attached hydrogen (secondary N) is 2. The van der Waals surface area contributed by atoms with E-state index in [1.54, 1.807) is 13.0 Å². The van der Waals surface area contributed by atoms with Crippen molar-refractivity contribution in [2.45, 2.75) is 26.8 Å². The number of sulfone groups is 1. The van der Waals surface area contributed by atoms with Crippen molar-refractivity contribution in [1.29, 1.82) is 0 Å². The van der Waals surface area contributed by atoms with Crippen LogP contribution in [0.25, 0.3) is 0 Å². The molecule has 0 aromatic heterocycles. The zero-order valence-electron chi connectivity index (χ0n) is 13.7. The lowest BCUT2D eigenvalue weighted by atomic mass is 10.1. The van der Waals surface area contributed by atoms with E-state index in [1.165, 1.54) is 12.3 Å². The van der Waals surface area contributed by atoms with E-state index in [0.29, 0.717) is 37.6 Å². The Morgan fingerprint density at radius 3 is 2.57 bits per heavy atom. The Bertz CT molecular complexity index is 621. The summed E-state index contributed by atoms with van der Waals surface area (Å²) in [6, 6.07) is 5.05. The van der Waals surface area contributed by atoms with Gasteiger partial charge < -0.3 is 10.6 Å². The molecule has 0 heterocycles. The fourth-order valence-electron chi connectivity index (χ4n) is 1.79. The Kier molecular flexibility index (Phi) is 10.4. The summed E-state index contributed by atoms with van der Waals surface area (Å²) in [5.74, 6) is 0.499. The van der Waals surface area contributed by atoms with Crippen LogP contribution in [0.4, 0.5) is 4.39 Å². The van der Waals surface area contributed by atoms with Crippen molar-refractivity contribution < 1.29 is 12.8 Å². The topological polar surface area (TPSA) is 70.6 Å². The van der Waals surface area contributed by atoms with Crippen molar-refractivity contribution >= 4 is 39.8 Å². The largest absolute Gasteiger partial charge is 0.357 e. The van der Waals surface area contributed by atoms with Crippen LogP contribution in [0.5, 0.6) is 0 Å². The number of hydrogen-bond donors (Lipinski definition) is 2. The van der Waals surface area contributed by atoms with Crippen LogP contribution in [-0.2, 0) is 16.4 Å². The highest BCUT2D eigenvalue weighted by Gasteiger charge is 2.03. The van der Waals surface area contributed by atoms with Gasteiger partial charge in [-0.05, 0) is 37.5 Å². The fraction of sp³-hybridized carbons (Fsp3) is 0.533. The highest BCUT2D eigenvalue weighted by Crippen LogP contribution is 2.09. The summed E-state index contributed by atoms with van der Waals surface area (Å²) in [6.07, 6.45) is 1.74. The van der Waals surface area contributed by atoms with Crippen molar-refractivity contribution in [1.82, 2.24) is 10.6 Å². The van der Waals surface area contributed by atoms with Gasteiger partial charge in [0.25, 0.3) is 0 Å². The van der Waals surface area contributed by atoms with E-state index in [9.17, 15) is 12.8 Å². The Hall–Kier alpha value is -0.900. The van der Waals surface area contributed by atoms with Crippen LogP contribution in [0.15, 0.2) is 23.2 Å². The third-order valence-electron chi connectivity index (χ3n) is 2.98. The second-order valence-electron chi connectivity index (χ2n) is 5.19. The molecule has 0 saturated carbocycles. The quantitative estimate of drug-likeness (QED) is 0.285. The van der Waals surface area contributed by atoms with Crippen molar-refractivity contribution in [2.75, 3.05) is 25.1 Å². The van der Waals surface area contributed by atoms with Crippen molar-refractivity contribution in [3.63, 3.8) is 0 Å². The highest BCUT2D eigenvalue weighted by atomic mass is 127. The van der Waals surface area contributed by atoms with Crippen LogP contribution in [0.3, 0.4) is 0 Å². The first-order valence-electron chi connectivity index (χ1n) is 7.26. The van der Waals surface area contributed by atoms with E-state index in [1.807, 2.05) is 13.0 Å². The molecule has 0 spiro atoms. The lowest BCUT2D eigenvalue weighted by Gasteiger charge is -2.11. The van der Waals surface area contributed by atoms with Gasteiger partial charge in [-0.15, -0.1) is 24.0 Å². The number of nitrogens with zero attached hydrogens (tertiary/aromatic N) is 1. The van der Waals surface area contributed by atoms with Gasteiger partial charge in [0.05, 0.1) is 12.3 Å². The summed E-state index contributed by atoms with van der Waals surface area (Å²) < 4.78 is 35.6. The molecule has 0 aliphatic heterocycles. The molecule has 0 bridgehead atoms. The molecule has 0 aliphatic carbocycles. The van der Waals surface area contributed by atoms with Gasteiger partial charge >= 0.3 is 0 Å². The van der Waals surface area contributed by atoms with Crippen molar-refractivity contribution in [2.24, 2.45) is 4.99 Å². The number of halogens is 2. The van der Waals surface area contributed by atoms with Gasteiger partial charge in [-0.1, -0.05) is 12.1 Å². The molecule has 1 aromatic carbocycles. The van der Waals surface area contributed by atoms with Crippen molar-refractivity contribution in [3.8, 4) is 0 Å². The number of rotatable bonds is 7. The first-order valence-corrected chi connectivity index (χ1v) is 9.33. The molecule has 0 radical (unpaired) electrons. The monoisotopic (exact) mass is 457 g/mol. The summed E-state index contributed by atoms with van der Waals surface area (Å²) in [7, 11) is -2.94. The number of benzene rings is 1. The zero-order valence-corrected chi connectivity index (χ0v) is 16.9. The SMILES string of the molecule is CCNC(=NCc1ccc(C)c(F)c1)NCCCS(C)(=O)=O.I. The van der Waals surface area contributed by atoms with Gasteiger partial charge in [0.1, 0.15) is 15.7 Å². The normalized spacial score (nSPS) is 11.7. The summed E-state index contributed by atoms with van der Waals surface area (Å²) >= 11 is 0. The smallest absolute Gasteiger partial charge is 0.191 e. The summed E-state index contributed by atoms with van der Waals surface area (Å²) in [6.45, 7) is 5.23. The summed E-state index contributed by atoms with van der Waals surface area (Å²) in [4.78, 5) is 4.37. The molecule has 0 atom stereocenters. The maximum atomic E-state index is 13.5. The predicted molar refractivity (Wildman–Crippen MR) is 104 cm³/mol. The van der Waals surface area contributed by atoms with E-state index < -0.39 is 9.84 Å². The van der Waals surface area contributed by atoms with E-state index in [4.69, 9.17) is 0 Å². The Labute approximate surface area is 155 Å². The average Bonchev–Trinajstić information content (AvgIpc) is 2.43. The molecule has 0 fully saturated rings. The van der Waals surface area contributed by atoms with Crippen LogP contribution in [-0.4, -0.2) is 39.5 Å². The van der Waals surface area contributed by atoms with Crippen LogP contribution in [0, 0.1) is 12.7 Å². The molecule has 1 aromatic rings. The Morgan fingerprint density at radius 2 is 2.00 bits per heavy atom. The maximum absolute atomic E-state index is 13.5. The van der Waals surface area contributed by atoms with Gasteiger partial charge in [-0.2, -0.15) is 0 Å². The van der Waals surface area contributed by atoms with Gasteiger partial charge in [-0.25, -0.2) is 17.8 Å². The van der Waals surface area contributed by atoms with E-state index in [-0.39, 0.29) is 35.5 Å². The molecular weight excluding hydrogens is 432 g/mol. The molecule has 0 amide bonds. The number of guanidine groups is 1. The minimum absolute atomic E-state index is 0. The third-order valence-corrected chi connectivity index (χ3v) is 4.01. The van der Waals surface area contributed by atoms with Gasteiger partial charge in [0.2, 0.25) is 0 Å². The first kappa shape index (κ1) is 22.1. The number of aliphatic imine (C=N–C) groups is 1. The molecule has 23 heavy (non-hydrogen) atoms. The minimum atomic E-state index is -2.94. The molecule has 8 heteroatoms. The second kappa shape index (κ2) is 10.8. The van der Waals surface area contributed by atoms with Gasteiger partial charge in [-0.3, -0.25) is 0 Å². The summed E-state index contributed by atoms with van der Waals surface area (Å²) in [5, 5.41) is 6.14. The standard InChI is InChI=1S/C15H24FN3O2S.HI/c1-4-17-15(18-8-5-9-22(3,20)21)19-11-13-7-6-12(2)14(16)10-13;/h6-7,10H,4-5,8-9,11H2,1-3H3,(H2,17,18,19);1H. The predicted octanol–water partition coefficient (Wildman–Crippen LogP) is 2.24. The number of aryl methyl sites for hydroxylation is 1. The fourth-order valence-corrected chi connectivity index (χ4v) is 2.46. The van der Waals surface area contributed by atoms with Gasteiger partial charge in [0, 0.05) is 19.3 Å². The van der Waals surface area contributed by atoms with E-state index in [2.05, 4.69) is 15.6 Å². The highest BCUT2D eigenvalue weighted by molar-refractivity contribution is 14.0.